The fourth-order valence-electron chi connectivity index (χ4n) is 2.02. The average Bonchev–Trinajstić information content (AvgIpc) is 2.81. The molecular weight excluding hydrogens is 246 g/mol. The van der Waals surface area contributed by atoms with Gasteiger partial charge in [-0.25, -0.2) is 4.79 Å². The molecule has 0 spiro atoms. The molecule has 0 aliphatic carbocycles. The molecule has 1 N–H and O–H groups in total. The highest BCUT2D eigenvalue weighted by Crippen LogP contribution is 2.18. The topological polar surface area (TPSA) is 68.5 Å². The second-order valence-electron chi connectivity index (χ2n) is 4.27. The Kier molecular flexibility index (Phi) is 3.85. The van der Waals surface area contributed by atoms with E-state index in [0.717, 1.165) is 10.9 Å². The molecule has 5 heteroatoms. The minimum absolute atomic E-state index is 0.218. The first kappa shape index (κ1) is 13.1. The molecule has 0 aliphatic rings. The van der Waals surface area contributed by atoms with Crippen LogP contribution in [0.25, 0.3) is 10.9 Å². The minimum Gasteiger partial charge on any atom is -0.478 e. The monoisotopic (exact) mass is 261 g/mol. The summed E-state index contributed by atoms with van der Waals surface area (Å²) in [5.74, 6) is -1.15. The Morgan fingerprint density at radius 3 is 2.79 bits per heavy atom. The van der Waals surface area contributed by atoms with Crippen molar-refractivity contribution in [2.75, 3.05) is 7.11 Å². The van der Waals surface area contributed by atoms with Gasteiger partial charge in [-0.15, -0.1) is 0 Å². The van der Waals surface area contributed by atoms with Gasteiger partial charge in [0.15, 0.2) is 0 Å². The van der Waals surface area contributed by atoms with Crippen LogP contribution in [0.3, 0.4) is 0 Å². The summed E-state index contributed by atoms with van der Waals surface area (Å²) >= 11 is 0. The zero-order chi connectivity index (χ0) is 13.8. The number of aryl methyl sites for hydroxylation is 1. The van der Waals surface area contributed by atoms with Crippen LogP contribution in [0.2, 0.25) is 0 Å². The van der Waals surface area contributed by atoms with Crippen molar-refractivity contribution in [2.45, 2.75) is 19.4 Å². The maximum absolute atomic E-state index is 11.0. The number of carbonyl (C=O) groups is 2. The summed E-state index contributed by atoms with van der Waals surface area (Å²) in [4.78, 5) is 21.9. The number of hydrogen-bond donors (Lipinski definition) is 1. The summed E-state index contributed by atoms with van der Waals surface area (Å²) < 4.78 is 6.59. The predicted octanol–water partition coefficient (Wildman–Crippen LogP) is 2.29. The predicted molar refractivity (Wildman–Crippen MR) is 70.1 cm³/mol. The van der Waals surface area contributed by atoms with Crippen molar-refractivity contribution in [3.8, 4) is 0 Å². The molecule has 19 heavy (non-hydrogen) atoms. The lowest BCUT2D eigenvalue weighted by molar-refractivity contribution is -0.140. The molecule has 1 aromatic heterocycles. The molecule has 2 rings (SSSR count). The number of rotatable bonds is 5. The number of nitrogens with zero attached hydrogens (tertiary/aromatic N) is 1. The van der Waals surface area contributed by atoms with Gasteiger partial charge in [-0.2, -0.15) is 0 Å². The van der Waals surface area contributed by atoms with Gasteiger partial charge in [0.05, 0.1) is 12.7 Å². The standard InChI is InChI=1S/C14H15NO4/c1-19-13(16)3-2-7-15-8-6-10-9-11(14(17)18)4-5-12(10)15/h4-6,8-9H,2-3,7H2,1H3,(H,17,18). The van der Waals surface area contributed by atoms with E-state index in [0.29, 0.717) is 19.4 Å². The molecular formula is C14H15NO4. The Balaban J connectivity index is 2.12. The molecule has 0 amide bonds. The summed E-state index contributed by atoms with van der Waals surface area (Å²) in [7, 11) is 1.38. The third-order valence-corrected chi connectivity index (χ3v) is 3.03. The Bertz CT molecular complexity index is 615. The summed E-state index contributed by atoms with van der Waals surface area (Å²) in [6, 6.07) is 6.90. The van der Waals surface area contributed by atoms with E-state index >= 15 is 0 Å². The molecule has 2 aromatic rings. The van der Waals surface area contributed by atoms with E-state index in [9.17, 15) is 9.59 Å². The van der Waals surface area contributed by atoms with Crippen molar-refractivity contribution in [3.63, 3.8) is 0 Å². The third-order valence-electron chi connectivity index (χ3n) is 3.03. The smallest absolute Gasteiger partial charge is 0.335 e. The lowest BCUT2D eigenvalue weighted by Crippen LogP contribution is -2.03. The summed E-state index contributed by atoms with van der Waals surface area (Å²) in [6.45, 7) is 0.699. The number of benzene rings is 1. The molecule has 1 heterocycles. The fourth-order valence-corrected chi connectivity index (χ4v) is 2.02. The SMILES string of the molecule is COC(=O)CCCn1ccc2cc(C(=O)O)ccc21. The van der Waals surface area contributed by atoms with Crippen molar-refractivity contribution < 1.29 is 19.4 Å². The second-order valence-corrected chi connectivity index (χ2v) is 4.27. The lowest BCUT2D eigenvalue weighted by Gasteiger charge is -2.05. The zero-order valence-corrected chi connectivity index (χ0v) is 10.6. The van der Waals surface area contributed by atoms with Crippen LogP contribution in [0.4, 0.5) is 0 Å². The highest BCUT2D eigenvalue weighted by Gasteiger charge is 2.07. The number of carboxylic acid groups (broad SMARTS) is 1. The molecule has 0 fully saturated rings. The van der Waals surface area contributed by atoms with Crippen LogP contribution < -0.4 is 0 Å². The molecule has 5 nitrogen and oxygen atoms in total. The average molecular weight is 261 g/mol. The Morgan fingerprint density at radius 2 is 2.11 bits per heavy atom. The molecule has 0 aliphatic heterocycles. The van der Waals surface area contributed by atoms with Gasteiger partial charge in [0.1, 0.15) is 0 Å². The maximum Gasteiger partial charge on any atom is 0.335 e. The van der Waals surface area contributed by atoms with Gasteiger partial charge in [0, 0.05) is 30.1 Å². The van der Waals surface area contributed by atoms with Crippen LogP contribution in [0.15, 0.2) is 30.5 Å². The molecule has 0 saturated heterocycles. The van der Waals surface area contributed by atoms with E-state index in [1.807, 2.05) is 16.8 Å². The van der Waals surface area contributed by atoms with Gasteiger partial charge in [-0.1, -0.05) is 0 Å². The van der Waals surface area contributed by atoms with Gasteiger partial charge >= 0.3 is 11.9 Å². The summed E-state index contributed by atoms with van der Waals surface area (Å²) in [6.07, 6.45) is 2.97. The van der Waals surface area contributed by atoms with Crippen LogP contribution in [-0.2, 0) is 16.1 Å². The van der Waals surface area contributed by atoms with Gasteiger partial charge in [-0.3, -0.25) is 4.79 Å². The quantitative estimate of drug-likeness (QED) is 0.838. The number of ether oxygens (including phenoxy) is 1. The number of hydrogen-bond acceptors (Lipinski definition) is 3. The van der Waals surface area contributed by atoms with E-state index in [1.165, 1.54) is 7.11 Å². The number of fused-ring (bicyclic) bond motifs is 1. The second kappa shape index (κ2) is 5.56. The van der Waals surface area contributed by atoms with Gasteiger partial charge < -0.3 is 14.4 Å². The Labute approximate surface area is 110 Å². The number of carboxylic acids is 1. The van der Waals surface area contributed by atoms with Crippen molar-refractivity contribution >= 4 is 22.8 Å². The van der Waals surface area contributed by atoms with Crippen LogP contribution in [0, 0.1) is 0 Å². The van der Waals surface area contributed by atoms with Crippen molar-refractivity contribution in [1.82, 2.24) is 4.57 Å². The minimum atomic E-state index is -0.930. The Morgan fingerprint density at radius 1 is 1.32 bits per heavy atom. The highest BCUT2D eigenvalue weighted by atomic mass is 16.5. The maximum atomic E-state index is 11.0. The number of aromatic nitrogens is 1. The lowest BCUT2D eigenvalue weighted by atomic mass is 10.1. The van der Waals surface area contributed by atoms with E-state index in [2.05, 4.69) is 4.74 Å². The number of methoxy groups -OCH3 is 1. The van der Waals surface area contributed by atoms with E-state index in [-0.39, 0.29) is 11.5 Å². The van der Waals surface area contributed by atoms with Gasteiger partial charge in [-0.05, 0) is 30.7 Å². The fraction of sp³-hybridized carbons (Fsp3) is 0.286. The molecule has 0 radical (unpaired) electrons. The first-order chi connectivity index (χ1) is 9.11. The molecule has 0 saturated carbocycles. The summed E-state index contributed by atoms with van der Waals surface area (Å²) in [5.41, 5.74) is 1.25. The van der Waals surface area contributed by atoms with Crippen LogP contribution >= 0.6 is 0 Å². The van der Waals surface area contributed by atoms with Gasteiger partial charge in [0.25, 0.3) is 0 Å². The van der Waals surface area contributed by atoms with E-state index in [4.69, 9.17) is 5.11 Å². The summed E-state index contributed by atoms with van der Waals surface area (Å²) in [5, 5.41) is 9.81. The zero-order valence-electron chi connectivity index (χ0n) is 10.6. The van der Waals surface area contributed by atoms with E-state index in [1.54, 1.807) is 18.2 Å². The Hall–Kier alpha value is -2.30. The molecule has 100 valence electrons. The molecule has 0 bridgehead atoms. The van der Waals surface area contributed by atoms with Gasteiger partial charge in [0.2, 0.25) is 0 Å². The number of aromatic carboxylic acids is 1. The first-order valence-electron chi connectivity index (χ1n) is 6.01. The largest absolute Gasteiger partial charge is 0.478 e. The molecule has 0 unspecified atom stereocenters. The van der Waals surface area contributed by atoms with Crippen LogP contribution in [0.5, 0.6) is 0 Å². The van der Waals surface area contributed by atoms with Crippen molar-refractivity contribution in [2.24, 2.45) is 0 Å². The van der Waals surface area contributed by atoms with Crippen LogP contribution in [-0.4, -0.2) is 28.7 Å². The van der Waals surface area contributed by atoms with E-state index < -0.39 is 5.97 Å². The van der Waals surface area contributed by atoms with Crippen molar-refractivity contribution in [3.05, 3.63) is 36.0 Å². The highest BCUT2D eigenvalue weighted by molar-refractivity contribution is 5.93. The first-order valence-corrected chi connectivity index (χ1v) is 6.01. The van der Waals surface area contributed by atoms with Crippen LogP contribution in [0.1, 0.15) is 23.2 Å². The number of carbonyl (C=O) groups excluding carboxylic acids is 1. The molecule has 1 aromatic carbocycles. The third kappa shape index (κ3) is 2.93. The van der Waals surface area contributed by atoms with Crippen molar-refractivity contribution in [1.29, 1.82) is 0 Å². The normalized spacial score (nSPS) is 10.6. The number of esters is 1. The molecule has 0 atom stereocenters.